The summed E-state index contributed by atoms with van der Waals surface area (Å²) in [5.41, 5.74) is 4.39. The minimum Gasteiger partial charge on any atom is -0.481 e. The number of carbonyl (C=O) groups is 1. The molecule has 4 rings (SSSR count). The van der Waals surface area contributed by atoms with Gasteiger partial charge in [-0.25, -0.2) is 4.98 Å². The average molecular weight is 507 g/mol. The van der Waals surface area contributed by atoms with Crippen LogP contribution in [-0.4, -0.2) is 53.6 Å². The molecule has 0 radical (unpaired) electrons. The lowest BCUT2D eigenvalue weighted by atomic mass is 9.82. The maximum atomic E-state index is 12.0. The van der Waals surface area contributed by atoms with Gasteiger partial charge in [-0.3, -0.25) is 14.4 Å². The third kappa shape index (κ3) is 6.86. The second kappa shape index (κ2) is 12.5. The average Bonchev–Trinajstić information content (AvgIpc) is 3.55. The van der Waals surface area contributed by atoms with E-state index in [1.165, 1.54) is 30.4 Å². The van der Waals surface area contributed by atoms with E-state index in [0.717, 1.165) is 55.7 Å². The maximum Gasteiger partial charge on any atom is 0.306 e. The van der Waals surface area contributed by atoms with Gasteiger partial charge in [0.2, 0.25) is 0 Å². The highest BCUT2D eigenvalue weighted by atomic mass is 16.4. The SMILES string of the molecule is CCC1CCN(Cc2nccn2Cc2cc([C@H](CCc3cn(CC)nn3)[C@H](C)C(=O)O)ccc2C)CC1. The molecule has 0 aliphatic carbocycles. The minimum atomic E-state index is -0.770. The molecule has 37 heavy (non-hydrogen) atoms. The van der Waals surface area contributed by atoms with Gasteiger partial charge in [-0.1, -0.05) is 43.7 Å². The molecule has 1 saturated heterocycles. The zero-order valence-corrected chi connectivity index (χ0v) is 22.8. The van der Waals surface area contributed by atoms with Gasteiger partial charge in [0.15, 0.2) is 0 Å². The number of piperidine rings is 1. The minimum absolute atomic E-state index is 0.106. The molecule has 0 saturated carbocycles. The van der Waals surface area contributed by atoms with Crippen molar-refractivity contribution in [3.05, 3.63) is 65.0 Å². The highest BCUT2D eigenvalue weighted by molar-refractivity contribution is 5.71. The van der Waals surface area contributed by atoms with Gasteiger partial charge in [0.25, 0.3) is 0 Å². The molecule has 1 N–H and O–H groups in total. The van der Waals surface area contributed by atoms with E-state index in [1.54, 1.807) is 0 Å². The van der Waals surface area contributed by atoms with Gasteiger partial charge in [0.05, 0.1) is 18.2 Å². The van der Waals surface area contributed by atoms with Crippen molar-refractivity contribution in [3.8, 4) is 0 Å². The van der Waals surface area contributed by atoms with Gasteiger partial charge >= 0.3 is 5.97 Å². The molecule has 2 aromatic heterocycles. The first kappa shape index (κ1) is 27.0. The first-order valence-electron chi connectivity index (χ1n) is 13.8. The predicted molar refractivity (Wildman–Crippen MR) is 144 cm³/mol. The number of imidazole rings is 1. The Morgan fingerprint density at radius 1 is 1.19 bits per heavy atom. The van der Waals surface area contributed by atoms with Gasteiger partial charge in [0.1, 0.15) is 5.82 Å². The van der Waals surface area contributed by atoms with Crippen LogP contribution in [0.25, 0.3) is 0 Å². The fourth-order valence-electron chi connectivity index (χ4n) is 5.45. The monoisotopic (exact) mass is 506 g/mol. The summed E-state index contributed by atoms with van der Waals surface area (Å²) in [6, 6.07) is 6.43. The molecule has 1 aliphatic rings. The standard InChI is InChI=1S/C29H42N6O2/c1-5-23-11-14-33(15-12-23)20-28-30-13-16-34(28)18-25-17-24(8-7-21(25)3)27(22(4)29(36)37)10-9-26-19-35(6-2)32-31-26/h7-8,13,16-17,19,22-23,27H,5-6,9-12,14-15,18,20H2,1-4H3,(H,36,37)/t22-,27+/m0/s1. The number of aromatic nitrogens is 5. The van der Waals surface area contributed by atoms with Crippen LogP contribution >= 0.6 is 0 Å². The molecule has 1 aliphatic heterocycles. The van der Waals surface area contributed by atoms with Crippen molar-refractivity contribution in [2.75, 3.05) is 13.1 Å². The van der Waals surface area contributed by atoms with E-state index < -0.39 is 11.9 Å². The van der Waals surface area contributed by atoms with Crippen LogP contribution in [0.3, 0.4) is 0 Å². The number of aryl methyl sites for hydroxylation is 3. The summed E-state index contributed by atoms with van der Waals surface area (Å²) < 4.78 is 4.06. The van der Waals surface area contributed by atoms with Crippen LogP contribution in [-0.2, 0) is 30.8 Å². The van der Waals surface area contributed by atoms with Gasteiger partial charge in [-0.05, 0) is 81.1 Å². The molecule has 0 amide bonds. The van der Waals surface area contributed by atoms with Crippen molar-refractivity contribution < 1.29 is 9.90 Å². The van der Waals surface area contributed by atoms with E-state index in [4.69, 9.17) is 0 Å². The van der Waals surface area contributed by atoms with Crippen LogP contribution in [0.4, 0.5) is 0 Å². The Morgan fingerprint density at radius 3 is 2.65 bits per heavy atom. The van der Waals surface area contributed by atoms with Crippen LogP contribution in [0.2, 0.25) is 0 Å². The number of hydrogen-bond donors (Lipinski definition) is 1. The smallest absolute Gasteiger partial charge is 0.306 e. The molecule has 8 nitrogen and oxygen atoms in total. The van der Waals surface area contributed by atoms with Crippen molar-refractivity contribution in [1.29, 1.82) is 0 Å². The zero-order chi connectivity index (χ0) is 26.4. The van der Waals surface area contributed by atoms with Crippen molar-refractivity contribution >= 4 is 5.97 Å². The summed E-state index contributed by atoms with van der Waals surface area (Å²) in [7, 11) is 0. The molecular formula is C29H42N6O2. The Balaban J connectivity index is 1.49. The van der Waals surface area contributed by atoms with Crippen LogP contribution < -0.4 is 0 Å². The van der Waals surface area contributed by atoms with Crippen LogP contribution in [0.5, 0.6) is 0 Å². The largest absolute Gasteiger partial charge is 0.481 e. The van der Waals surface area contributed by atoms with E-state index in [0.29, 0.717) is 12.8 Å². The van der Waals surface area contributed by atoms with Gasteiger partial charge < -0.3 is 9.67 Å². The molecule has 1 aromatic carbocycles. The quantitative estimate of drug-likeness (QED) is 0.375. The predicted octanol–water partition coefficient (Wildman–Crippen LogP) is 4.91. The number of benzene rings is 1. The van der Waals surface area contributed by atoms with Crippen molar-refractivity contribution in [2.24, 2.45) is 11.8 Å². The Morgan fingerprint density at radius 2 is 1.97 bits per heavy atom. The second-order valence-corrected chi connectivity index (χ2v) is 10.6. The van der Waals surface area contributed by atoms with E-state index in [2.05, 4.69) is 63.0 Å². The Hall–Kier alpha value is -3.00. The number of likely N-dealkylation sites (tertiary alicyclic amines) is 1. The van der Waals surface area contributed by atoms with E-state index >= 15 is 0 Å². The van der Waals surface area contributed by atoms with Gasteiger partial charge in [-0.2, -0.15) is 0 Å². The molecule has 0 unspecified atom stereocenters. The van der Waals surface area contributed by atoms with Crippen molar-refractivity contribution in [1.82, 2.24) is 29.4 Å². The molecule has 200 valence electrons. The lowest BCUT2D eigenvalue weighted by Crippen LogP contribution is -2.34. The molecule has 1 fully saturated rings. The number of nitrogens with zero attached hydrogens (tertiary/aromatic N) is 6. The number of rotatable bonds is 12. The summed E-state index contributed by atoms with van der Waals surface area (Å²) in [5.74, 6) is 0.584. The van der Waals surface area contributed by atoms with Crippen LogP contribution in [0.1, 0.15) is 80.6 Å². The second-order valence-electron chi connectivity index (χ2n) is 10.6. The molecule has 2 atom stereocenters. The Bertz CT molecular complexity index is 1160. The summed E-state index contributed by atoms with van der Waals surface area (Å²) in [5, 5.41) is 18.2. The summed E-state index contributed by atoms with van der Waals surface area (Å²) in [6.07, 6.45) is 11.1. The number of carboxylic acids is 1. The maximum absolute atomic E-state index is 12.0. The summed E-state index contributed by atoms with van der Waals surface area (Å²) in [6.45, 7) is 12.9. The summed E-state index contributed by atoms with van der Waals surface area (Å²) >= 11 is 0. The van der Waals surface area contributed by atoms with Crippen LogP contribution in [0, 0.1) is 18.8 Å². The zero-order valence-electron chi connectivity index (χ0n) is 22.8. The van der Waals surface area contributed by atoms with E-state index in [9.17, 15) is 9.90 Å². The van der Waals surface area contributed by atoms with Gasteiger partial charge in [0, 0.05) is 31.7 Å². The van der Waals surface area contributed by atoms with Crippen molar-refractivity contribution in [2.45, 2.75) is 85.4 Å². The third-order valence-electron chi connectivity index (χ3n) is 8.21. The van der Waals surface area contributed by atoms with Gasteiger partial charge in [-0.15, -0.1) is 5.10 Å². The first-order valence-corrected chi connectivity index (χ1v) is 13.8. The molecule has 0 bridgehead atoms. The normalized spacial score (nSPS) is 16.6. The topological polar surface area (TPSA) is 89.1 Å². The van der Waals surface area contributed by atoms with Crippen molar-refractivity contribution in [3.63, 3.8) is 0 Å². The third-order valence-corrected chi connectivity index (χ3v) is 8.21. The highest BCUT2D eigenvalue weighted by Gasteiger charge is 2.26. The fraction of sp³-hybridized carbons (Fsp3) is 0.586. The molecule has 0 spiro atoms. The number of hydrogen-bond acceptors (Lipinski definition) is 5. The Kier molecular flexibility index (Phi) is 9.14. The molecule has 3 heterocycles. The number of carboxylic acid groups (broad SMARTS) is 1. The molecule has 8 heteroatoms. The lowest BCUT2D eigenvalue weighted by molar-refractivity contribution is -0.142. The molecule has 3 aromatic rings. The molecular weight excluding hydrogens is 464 g/mol. The first-order chi connectivity index (χ1) is 17.9. The highest BCUT2D eigenvalue weighted by Crippen LogP contribution is 2.31. The van der Waals surface area contributed by atoms with Crippen LogP contribution in [0.15, 0.2) is 36.8 Å². The summed E-state index contributed by atoms with van der Waals surface area (Å²) in [4.78, 5) is 19.2. The van der Waals surface area contributed by atoms with E-state index in [-0.39, 0.29) is 5.92 Å². The number of aliphatic carboxylic acids is 1. The fourth-order valence-corrected chi connectivity index (χ4v) is 5.45. The lowest BCUT2D eigenvalue weighted by Gasteiger charge is -2.31. The van der Waals surface area contributed by atoms with E-state index in [1.807, 2.05) is 30.9 Å². The Labute approximate surface area is 220 Å².